The molecular formula is C12H14F2O4. The molecule has 0 aliphatic rings. The van der Waals surface area contributed by atoms with Crippen LogP contribution in [0.1, 0.15) is 11.1 Å². The van der Waals surface area contributed by atoms with Gasteiger partial charge in [-0.25, -0.2) is 8.78 Å². The minimum absolute atomic E-state index is 0.0542. The number of rotatable bonds is 6. The first-order valence-corrected chi connectivity index (χ1v) is 5.27. The third-order valence-electron chi connectivity index (χ3n) is 2.24. The molecule has 0 atom stereocenters. The first kappa shape index (κ1) is 14.4. The third-order valence-corrected chi connectivity index (χ3v) is 2.24. The highest BCUT2D eigenvalue weighted by Gasteiger charge is 2.10. The summed E-state index contributed by atoms with van der Waals surface area (Å²) in [4.78, 5) is 11.1. The van der Waals surface area contributed by atoms with Gasteiger partial charge in [0.1, 0.15) is 12.4 Å². The van der Waals surface area contributed by atoms with E-state index in [1.54, 1.807) is 6.07 Å². The molecule has 0 saturated carbocycles. The van der Waals surface area contributed by atoms with E-state index in [0.717, 1.165) is 0 Å². The van der Waals surface area contributed by atoms with Gasteiger partial charge in [0.25, 0.3) is 6.43 Å². The zero-order chi connectivity index (χ0) is 13.5. The Morgan fingerprint density at radius 1 is 1.44 bits per heavy atom. The van der Waals surface area contributed by atoms with Crippen LogP contribution in [0, 0.1) is 0 Å². The lowest BCUT2D eigenvalue weighted by molar-refractivity contribution is -0.139. The van der Waals surface area contributed by atoms with Gasteiger partial charge in [-0.2, -0.15) is 0 Å². The number of hydrogen-bond acceptors (Lipinski definition) is 4. The fourth-order valence-corrected chi connectivity index (χ4v) is 1.40. The predicted octanol–water partition coefficient (Wildman–Crippen LogP) is 1.54. The molecule has 0 aliphatic heterocycles. The number of aliphatic hydroxyl groups excluding tert-OH is 1. The van der Waals surface area contributed by atoms with E-state index in [-0.39, 0.29) is 18.8 Å². The number of carbonyl (C=O) groups is 1. The van der Waals surface area contributed by atoms with Crippen molar-refractivity contribution in [1.29, 1.82) is 0 Å². The van der Waals surface area contributed by atoms with Crippen molar-refractivity contribution < 1.29 is 28.2 Å². The van der Waals surface area contributed by atoms with E-state index in [9.17, 15) is 13.6 Å². The lowest BCUT2D eigenvalue weighted by Gasteiger charge is -2.11. The Hall–Kier alpha value is -1.69. The van der Waals surface area contributed by atoms with Gasteiger partial charge < -0.3 is 14.6 Å². The van der Waals surface area contributed by atoms with Crippen LogP contribution in [0.25, 0.3) is 0 Å². The topological polar surface area (TPSA) is 55.8 Å². The normalized spacial score (nSPS) is 10.5. The molecule has 0 unspecified atom stereocenters. The van der Waals surface area contributed by atoms with Crippen molar-refractivity contribution in [3.8, 4) is 5.75 Å². The largest absolute Gasteiger partial charge is 0.487 e. The van der Waals surface area contributed by atoms with Crippen LogP contribution in [0.15, 0.2) is 18.2 Å². The summed E-state index contributed by atoms with van der Waals surface area (Å²) in [5.74, 6) is -0.230. The van der Waals surface area contributed by atoms with Gasteiger partial charge in [-0.1, -0.05) is 6.07 Å². The van der Waals surface area contributed by atoms with E-state index < -0.39 is 19.0 Å². The third kappa shape index (κ3) is 4.29. The van der Waals surface area contributed by atoms with Crippen molar-refractivity contribution in [1.82, 2.24) is 0 Å². The molecule has 1 N–H and O–H groups in total. The average Bonchev–Trinajstić information content (AvgIpc) is 2.36. The standard InChI is InChI=1S/C12H14F2O4/c1-17-12(16)5-8-2-3-10(9(4-8)6-15)18-7-11(13)14/h2-4,11,15H,5-7H2,1H3. The SMILES string of the molecule is COC(=O)Cc1ccc(OCC(F)F)c(CO)c1. The Kier molecular flexibility index (Phi) is 5.51. The highest BCUT2D eigenvalue weighted by atomic mass is 19.3. The van der Waals surface area contributed by atoms with Crippen molar-refractivity contribution in [2.24, 2.45) is 0 Å². The molecule has 1 aromatic rings. The molecular weight excluding hydrogens is 246 g/mol. The van der Waals surface area contributed by atoms with Gasteiger partial charge in [0.05, 0.1) is 20.1 Å². The zero-order valence-corrected chi connectivity index (χ0v) is 9.86. The molecule has 0 radical (unpaired) electrons. The number of methoxy groups -OCH3 is 1. The van der Waals surface area contributed by atoms with E-state index in [1.165, 1.54) is 19.2 Å². The van der Waals surface area contributed by atoms with Crippen LogP contribution in [-0.4, -0.2) is 31.2 Å². The van der Waals surface area contributed by atoms with Crippen molar-refractivity contribution in [2.75, 3.05) is 13.7 Å². The maximum Gasteiger partial charge on any atom is 0.309 e. The zero-order valence-electron chi connectivity index (χ0n) is 9.86. The van der Waals surface area contributed by atoms with Crippen LogP contribution in [0.2, 0.25) is 0 Å². The van der Waals surface area contributed by atoms with Crippen LogP contribution in [0.3, 0.4) is 0 Å². The Morgan fingerprint density at radius 3 is 2.72 bits per heavy atom. The van der Waals surface area contributed by atoms with Crippen LogP contribution in [0.5, 0.6) is 5.75 Å². The van der Waals surface area contributed by atoms with Crippen molar-refractivity contribution in [3.63, 3.8) is 0 Å². The number of hydrogen-bond donors (Lipinski definition) is 1. The van der Waals surface area contributed by atoms with E-state index in [2.05, 4.69) is 4.74 Å². The van der Waals surface area contributed by atoms with Crippen molar-refractivity contribution in [3.05, 3.63) is 29.3 Å². The number of esters is 1. The molecule has 100 valence electrons. The molecule has 0 aliphatic carbocycles. The minimum Gasteiger partial charge on any atom is -0.487 e. The number of aliphatic hydroxyl groups is 1. The van der Waals surface area contributed by atoms with E-state index in [1.807, 2.05) is 0 Å². The van der Waals surface area contributed by atoms with E-state index >= 15 is 0 Å². The lowest BCUT2D eigenvalue weighted by Crippen LogP contribution is -2.09. The molecule has 0 fully saturated rings. The molecule has 0 saturated heterocycles. The monoisotopic (exact) mass is 260 g/mol. The molecule has 6 heteroatoms. The Morgan fingerprint density at radius 2 is 2.17 bits per heavy atom. The van der Waals surface area contributed by atoms with Gasteiger partial charge >= 0.3 is 5.97 Å². The maximum absolute atomic E-state index is 12.0. The molecule has 0 bridgehead atoms. The second kappa shape index (κ2) is 6.90. The Labute approximate surface area is 103 Å². The highest BCUT2D eigenvalue weighted by molar-refractivity contribution is 5.72. The highest BCUT2D eigenvalue weighted by Crippen LogP contribution is 2.21. The quantitative estimate of drug-likeness (QED) is 0.788. The van der Waals surface area contributed by atoms with Crippen molar-refractivity contribution in [2.45, 2.75) is 19.5 Å². The van der Waals surface area contributed by atoms with E-state index in [4.69, 9.17) is 9.84 Å². The van der Waals surface area contributed by atoms with Gasteiger partial charge in [0.2, 0.25) is 0 Å². The van der Waals surface area contributed by atoms with Crippen LogP contribution < -0.4 is 4.74 Å². The fraction of sp³-hybridized carbons (Fsp3) is 0.417. The summed E-state index contributed by atoms with van der Waals surface area (Å²) in [6.45, 7) is -1.09. The first-order valence-electron chi connectivity index (χ1n) is 5.27. The van der Waals surface area contributed by atoms with E-state index in [0.29, 0.717) is 11.1 Å². The van der Waals surface area contributed by atoms with Gasteiger partial charge in [0, 0.05) is 5.56 Å². The summed E-state index contributed by atoms with van der Waals surface area (Å²) in [5, 5.41) is 9.12. The number of ether oxygens (including phenoxy) is 2. The molecule has 4 nitrogen and oxygen atoms in total. The van der Waals surface area contributed by atoms with Gasteiger partial charge in [-0.15, -0.1) is 0 Å². The minimum atomic E-state index is -2.58. The molecule has 0 heterocycles. The lowest BCUT2D eigenvalue weighted by atomic mass is 10.1. The van der Waals surface area contributed by atoms with Gasteiger partial charge in [-0.3, -0.25) is 4.79 Å². The molecule has 0 spiro atoms. The molecule has 0 amide bonds. The second-order valence-corrected chi connectivity index (χ2v) is 3.56. The average molecular weight is 260 g/mol. The summed E-state index contributed by atoms with van der Waals surface area (Å²) in [7, 11) is 1.27. The van der Waals surface area contributed by atoms with Crippen LogP contribution in [-0.2, 0) is 22.6 Å². The smallest absolute Gasteiger partial charge is 0.309 e. The molecule has 1 rings (SSSR count). The summed E-state index contributed by atoms with van der Waals surface area (Å²) in [6, 6.07) is 4.54. The van der Waals surface area contributed by atoms with Gasteiger partial charge in [0.15, 0.2) is 0 Å². The summed E-state index contributed by atoms with van der Waals surface area (Å²) in [6.07, 6.45) is -2.52. The maximum atomic E-state index is 12.0. The molecule has 1 aromatic carbocycles. The number of halogens is 2. The number of carbonyl (C=O) groups excluding carboxylic acids is 1. The predicted molar refractivity (Wildman–Crippen MR) is 59.6 cm³/mol. The van der Waals surface area contributed by atoms with Gasteiger partial charge in [-0.05, 0) is 17.7 Å². The first-order chi connectivity index (χ1) is 8.56. The molecule has 0 aromatic heterocycles. The summed E-state index contributed by atoms with van der Waals surface area (Å²) in [5.41, 5.74) is 0.979. The van der Waals surface area contributed by atoms with Crippen molar-refractivity contribution >= 4 is 5.97 Å². The Bertz CT molecular complexity index is 407. The molecule has 18 heavy (non-hydrogen) atoms. The van der Waals surface area contributed by atoms with Crippen LogP contribution >= 0.6 is 0 Å². The Balaban J connectivity index is 2.79. The summed E-state index contributed by atoms with van der Waals surface area (Å²) < 4.78 is 33.4. The fourth-order valence-electron chi connectivity index (χ4n) is 1.40. The number of benzene rings is 1. The second-order valence-electron chi connectivity index (χ2n) is 3.56. The van der Waals surface area contributed by atoms with Crippen LogP contribution in [0.4, 0.5) is 8.78 Å². The summed E-state index contributed by atoms with van der Waals surface area (Å²) >= 11 is 0. The number of alkyl halides is 2.